The number of alkyl halides is 3. The fourth-order valence-corrected chi connectivity index (χ4v) is 1.67. The minimum Gasteiger partial charge on any atom is -0.479 e. The van der Waals surface area contributed by atoms with Gasteiger partial charge in [-0.2, -0.15) is 13.2 Å². The number of rotatable bonds is 2. The zero-order valence-electron chi connectivity index (χ0n) is 9.88. The predicted molar refractivity (Wildman–Crippen MR) is 60.2 cm³/mol. The molecule has 2 rings (SSSR count). The first kappa shape index (κ1) is 13.4. The van der Waals surface area contributed by atoms with Crippen molar-refractivity contribution in [3.8, 4) is 5.75 Å². The van der Waals surface area contributed by atoms with Crippen molar-refractivity contribution in [2.24, 2.45) is 0 Å². The van der Waals surface area contributed by atoms with Crippen molar-refractivity contribution in [3.05, 3.63) is 23.8 Å². The highest BCUT2D eigenvalue weighted by Gasteiger charge is 2.32. The van der Waals surface area contributed by atoms with Crippen LogP contribution in [0.1, 0.15) is 23.7 Å². The van der Waals surface area contributed by atoms with Gasteiger partial charge in [0.25, 0.3) is 5.91 Å². The second-order valence-electron chi connectivity index (χ2n) is 4.18. The van der Waals surface area contributed by atoms with E-state index in [2.05, 4.69) is 5.32 Å². The van der Waals surface area contributed by atoms with E-state index in [1.165, 1.54) is 18.2 Å². The van der Waals surface area contributed by atoms with Gasteiger partial charge in [-0.3, -0.25) is 9.59 Å². The van der Waals surface area contributed by atoms with Crippen LogP contribution in [0.3, 0.4) is 0 Å². The Morgan fingerprint density at radius 1 is 1.42 bits per heavy atom. The molecule has 0 aromatic heterocycles. The summed E-state index contributed by atoms with van der Waals surface area (Å²) in [6, 6.07) is 3.80. The van der Waals surface area contributed by atoms with E-state index >= 15 is 0 Å². The standard InChI is InChI=1S/C12H10F3NO3/c1-6-11(18)16-8-4-7(2-3-10(8)19-6)9(17)5-12(13,14)15/h2-4,6H,5H2,1H3,(H,16,18). The maximum absolute atomic E-state index is 12.1. The minimum absolute atomic E-state index is 0.116. The summed E-state index contributed by atoms with van der Waals surface area (Å²) in [4.78, 5) is 22.8. The number of fused-ring (bicyclic) bond motifs is 1. The summed E-state index contributed by atoms with van der Waals surface area (Å²) in [5.74, 6) is -1.13. The van der Waals surface area contributed by atoms with Crippen molar-refractivity contribution >= 4 is 17.4 Å². The molecule has 0 fully saturated rings. The van der Waals surface area contributed by atoms with E-state index in [1.54, 1.807) is 6.92 Å². The Balaban J connectivity index is 2.24. The molecule has 1 aromatic rings. The number of halogens is 3. The molecule has 1 unspecified atom stereocenters. The molecule has 0 spiro atoms. The smallest absolute Gasteiger partial charge is 0.396 e. The summed E-state index contributed by atoms with van der Waals surface area (Å²) in [7, 11) is 0. The second kappa shape index (κ2) is 4.56. The number of Topliss-reactive ketones (excluding diaryl/α,β-unsaturated/α-hetero) is 1. The molecule has 1 N–H and O–H groups in total. The lowest BCUT2D eigenvalue weighted by Crippen LogP contribution is -2.34. The van der Waals surface area contributed by atoms with E-state index in [0.29, 0.717) is 5.75 Å². The van der Waals surface area contributed by atoms with Crippen molar-refractivity contribution in [1.29, 1.82) is 0 Å². The van der Waals surface area contributed by atoms with Crippen LogP contribution in [0, 0.1) is 0 Å². The van der Waals surface area contributed by atoms with Gasteiger partial charge in [-0.15, -0.1) is 0 Å². The van der Waals surface area contributed by atoms with Crippen molar-refractivity contribution in [2.45, 2.75) is 25.6 Å². The zero-order chi connectivity index (χ0) is 14.2. The number of benzene rings is 1. The van der Waals surface area contributed by atoms with E-state index in [-0.39, 0.29) is 11.3 Å². The zero-order valence-corrected chi connectivity index (χ0v) is 9.88. The molecule has 102 valence electrons. The Hall–Kier alpha value is -2.05. The molecule has 1 aromatic carbocycles. The molecule has 4 nitrogen and oxygen atoms in total. The largest absolute Gasteiger partial charge is 0.479 e. The first-order chi connectivity index (χ1) is 8.76. The average molecular weight is 273 g/mol. The number of ether oxygens (including phenoxy) is 1. The molecule has 0 saturated heterocycles. The number of hydrogen-bond donors (Lipinski definition) is 1. The summed E-state index contributed by atoms with van der Waals surface area (Å²) >= 11 is 0. The lowest BCUT2D eigenvalue weighted by Gasteiger charge is -2.23. The first-order valence-electron chi connectivity index (χ1n) is 5.48. The number of nitrogens with one attached hydrogen (secondary N) is 1. The highest BCUT2D eigenvalue weighted by molar-refractivity contribution is 6.01. The summed E-state index contributed by atoms with van der Waals surface area (Å²) < 4.78 is 41.6. The molecule has 1 atom stereocenters. The molecular formula is C12H10F3NO3. The normalized spacial score (nSPS) is 18.3. The number of carbonyl (C=O) groups is 2. The molecule has 0 radical (unpaired) electrons. The fourth-order valence-electron chi connectivity index (χ4n) is 1.67. The Morgan fingerprint density at radius 2 is 2.11 bits per heavy atom. The first-order valence-corrected chi connectivity index (χ1v) is 5.48. The van der Waals surface area contributed by atoms with Gasteiger partial charge in [0.2, 0.25) is 0 Å². The van der Waals surface area contributed by atoms with Gasteiger partial charge in [0.05, 0.1) is 5.69 Å². The van der Waals surface area contributed by atoms with Crippen molar-refractivity contribution in [2.75, 3.05) is 5.32 Å². The molecule has 1 aliphatic rings. The van der Waals surface area contributed by atoms with E-state index in [0.717, 1.165) is 0 Å². The highest BCUT2D eigenvalue weighted by Crippen LogP contribution is 2.31. The number of amides is 1. The lowest BCUT2D eigenvalue weighted by atomic mass is 10.1. The van der Waals surface area contributed by atoms with Crippen LogP contribution < -0.4 is 10.1 Å². The number of carbonyl (C=O) groups excluding carboxylic acids is 2. The van der Waals surface area contributed by atoms with Crippen molar-refractivity contribution < 1.29 is 27.5 Å². The van der Waals surface area contributed by atoms with Crippen molar-refractivity contribution in [3.63, 3.8) is 0 Å². The Labute approximate surface area is 106 Å². The lowest BCUT2D eigenvalue weighted by molar-refractivity contribution is -0.125. The number of ketones is 1. The molecule has 0 saturated carbocycles. The monoisotopic (exact) mass is 273 g/mol. The van der Waals surface area contributed by atoms with Gasteiger partial charge in [0.1, 0.15) is 12.2 Å². The second-order valence-corrected chi connectivity index (χ2v) is 4.18. The highest BCUT2D eigenvalue weighted by atomic mass is 19.4. The van der Waals surface area contributed by atoms with Gasteiger partial charge in [0, 0.05) is 5.56 Å². The van der Waals surface area contributed by atoms with E-state index < -0.39 is 30.4 Å². The predicted octanol–water partition coefficient (Wildman–Crippen LogP) is 2.54. The van der Waals surface area contributed by atoms with Crippen LogP contribution in [-0.2, 0) is 4.79 Å². The molecule has 1 aliphatic heterocycles. The summed E-state index contributed by atoms with van der Waals surface area (Å²) in [6.45, 7) is 1.54. The summed E-state index contributed by atoms with van der Waals surface area (Å²) in [6.07, 6.45) is -6.76. The Morgan fingerprint density at radius 3 is 2.74 bits per heavy atom. The summed E-state index contributed by atoms with van der Waals surface area (Å²) in [5.41, 5.74) is 0.0886. The molecule has 1 amide bonds. The maximum Gasteiger partial charge on any atom is 0.396 e. The van der Waals surface area contributed by atoms with Gasteiger partial charge in [0.15, 0.2) is 11.9 Å². The Bertz CT molecular complexity index is 540. The van der Waals surface area contributed by atoms with E-state index in [1.807, 2.05) is 0 Å². The summed E-state index contributed by atoms with van der Waals surface area (Å²) in [5, 5.41) is 2.47. The van der Waals surface area contributed by atoms with Gasteiger partial charge in [-0.25, -0.2) is 0 Å². The average Bonchev–Trinajstić information content (AvgIpc) is 2.27. The number of hydrogen-bond acceptors (Lipinski definition) is 3. The van der Waals surface area contributed by atoms with E-state index in [9.17, 15) is 22.8 Å². The van der Waals surface area contributed by atoms with Crippen LogP contribution in [0.5, 0.6) is 5.75 Å². The Kier molecular flexibility index (Phi) is 3.21. The van der Waals surface area contributed by atoms with Crippen LogP contribution in [0.2, 0.25) is 0 Å². The molecule has 0 bridgehead atoms. The topological polar surface area (TPSA) is 55.4 Å². The fraction of sp³-hybridized carbons (Fsp3) is 0.333. The van der Waals surface area contributed by atoms with Crippen LogP contribution in [0.15, 0.2) is 18.2 Å². The van der Waals surface area contributed by atoms with E-state index in [4.69, 9.17) is 4.74 Å². The maximum atomic E-state index is 12.1. The molecule has 0 aliphatic carbocycles. The molecular weight excluding hydrogens is 263 g/mol. The van der Waals surface area contributed by atoms with Crippen LogP contribution >= 0.6 is 0 Å². The van der Waals surface area contributed by atoms with Gasteiger partial charge in [-0.1, -0.05) is 0 Å². The number of anilines is 1. The third-order valence-corrected chi connectivity index (χ3v) is 2.59. The van der Waals surface area contributed by atoms with Crippen molar-refractivity contribution in [1.82, 2.24) is 0 Å². The van der Waals surface area contributed by atoms with Crippen LogP contribution in [-0.4, -0.2) is 24.0 Å². The van der Waals surface area contributed by atoms with Crippen LogP contribution in [0.4, 0.5) is 18.9 Å². The van der Waals surface area contributed by atoms with Gasteiger partial charge in [-0.05, 0) is 25.1 Å². The molecule has 19 heavy (non-hydrogen) atoms. The third-order valence-electron chi connectivity index (χ3n) is 2.59. The van der Waals surface area contributed by atoms with Crippen LogP contribution in [0.25, 0.3) is 0 Å². The minimum atomic E-state index is -4.55. The third kappa shape index (κ3) is 3.04. The quantitative estimate of drug-likeness (QED) is 0.842. The SMILES string of the molecule is CC1Oc2ccc(C(=O)CC(F)(F)F)cc2NC1=O. The van der Waals surface area contributed by atoms with Gasteiger partial charge < -0.3 is 10.1 Å². The molecule has 7 heteroatoms. The van der Waals surface area contributed by atoms with Gasteiger partial charge >= 0.3 is 6.18 Å². The molecule has 1 heterocycles.